The number of aryl methyl sites for hydroxylation is 1. The first kappa shape index (κ1) is 13.0. The highest BCUT2D eigenvalue weighted by Crippen LogP contribution is 2.14. The fourth-order valence-electron chi connectivity index (χ4n) is 1.47. The molecule has 0 aliphatic rings. The van der Waals surface area contributed by atoms with Gasteiger partial charge >= 0.3 is 0 Å². The Morgan fingerprint density at radius 1 is 1.12 bits per heavy atom. The maximum atomic E-state index is 11.4. The maximum Gasteiger partial charge on any atom is 0.165 e. The Bertz CT molecular complexity index is 480. The van der Waals surface area contributed by atoms with Gasteiger partial charge in [-0.2, -0.15) is 0 Å². The molecule has 0 radical (unpaired) electrons. The van der Waals surface area contributed by atoms with Crippen LogP contribution in [0.2, 0.25) is 0 Å². The largest absolute Gasteiger partial charge is 0.402 e. The topological polar surface area (TPSA) is 81.5 Å². The average Bonchev–Trinajstić information content (AvgIpc) is 2.20. The lowest BCUT2D eigenvalue weighted by Crippen LogP contribution is -2.23. The Labute approximate surface area is 101 Å². The molecule has 17 heavy (non-hydrogen) atoms. The number of nitrogens with zero attached hydrogens (tertiary/aromatic N) is 1. The van der Waals surface area contributed by atoms with Gasteiger partial charge in [0.25, 0.3) is 0 Å². The minimum absolute atomic E-state index is 0.154. The van der Waals surface area contributed by atoms with Crippen LogP contribution in [0.1, 0.15) is 19.4 Å². The van der Waals surface area contributed by atoms with E-state index >= 15 is 0 Å². The molecule has 1 rings (SSSR count). The van der Waals surface area contributed by atoms with Gasteiger partial charge in [0.15, 0.2) is 5.78 Å². The third-order valence-corrected chi connectivity index (χ3v) is 2.29. The van der Waals surface area contributed by atoms with E-state index in [1.165, 1.54) is 6.92 Å². The first-order valence-electron chi connectivity index (χ1n) is 5.30. The summed E-state index contributed by atoms with van der Waals surface area (Å²) in [5.41, 5.74) is 13.9. The molecule has 1 aromatic rings. The van der Waals surface area contributed by atoms with Crippen LogP contribution < -0.4 is 11.5 Å². The van der Waals surface area contributed by atoms with Crippen molar-refractivity contribution in [1.82, 2.24) is 0 Å². The minimum Gasteiger partial charge on any atom is -0.402 e. The average molecular weight is 231 g/mol. The SMILES string of the molecule is CC(=O)/C(C(N)=Nc1ccc(C)cc1)=C(\C)N. The van der Waals surface area contributed by atoms with Gasteiger partial charge in [-0.25, -0.2) is 4.99 Å². The van der Waals surface area contributed by atoms with Crippen molar-refractivity contribution in [3.63, 3.8) is 0 Å². The second-order valence-electron chi connectivity index (χ2n) is 3.95. The summed E-state index contributed by atoms with van der Waals surface area (Å²) < 4.78 is 0. The van der Waals surface area contributed by atoms with Gasteiger partial charge in [-0.15, -0.1) is 0 Å². The zero-order valence-electron chi connectivity index (χ0n) is 10.3. The van der Waals surface area contributed by atoms with Gasteiger partial charge in [0.1, 0.15) is 5.84 Å². The number of carbonyl (C=O) groups is 1. The second kappa shape index (κ2) is 5.30. The monoisotopic (exact) mass is 231 g/mol. The fraction of sp³-hybridized carbons (Fsp3) is 0.231. The normalized spacial score (nSPS) is 13.2. The number of ketones is 1. The molecule has 0 bridgehead atoms. The van der Waals surface area contributed by atoms with Crippen LogP contribution in [0.25, 0.3) is 0 Å². The van der Waals surface area contributed by atoms with Crippen LogP contribution in [0.15, 0.2) is 40.5 Å². The minimum atomic E-state index is -0.182. The van der Waals surface area contributed by atoms with E-state index in [1.807, 2.05) is 31.2 Å². The van der Waals surface area contributed by atoms with E-state index in [9.17, 15) is 4.79 Å². The lowest BCUT2D eigenvalue weighted by atomic mass is 10.1. The molecule has 4 heteroatoms. The summed E-state index contributed by atoms with van der Waals surface area (Å²) in [7, 11) is 0. The van der Waals surface area contributed by atoms with Gasteiger partial charge in [0, 0.05) is 5.70 Å². The predicted molar refractivity (Wildman–Crippen MR) is 70.0 cm³/mol. The first-order valence-corrected chi connectivity index (χ1v) is 5.30. The van der Waals surface area contributed by atoms with E-state index < -0.39 is 0 Å². The number of Topliss-reactive ketones (excluding diaryl/α,β-unsaturated/α-hetero) is 1. The summed E-state index contributed by atoms with van der Waals surface area (Å²) in [5.74, 6) is -0.0280. The van der Waals surface area contributed by atoms with Gasteiger partial charge in [-0.1, -0.05) is 17.7 Å². The molecule has 90 valence electrons. The van der Waals surface area contributed by atoms with E-state index in [-0.39, 0.29) is 17.2 Å². The number of hydrogen-bond donors (Lipinski definition) is 2. The number of carbonyl (C=O) groups excluding carboxylic acids is 1. The molecule has 0 spiro atoms. The lowest BCUT2D eigenvalue weighted by Gasteiger charge is -2.05. The molecule has 0 heterocycles. The molecule has 0 atom stereocenters. The van der Waals surface area contributed by atoms with Crippen LogP contribution in [0.3, 0.4) is 0 Å². The molecule has 0 aliphatic heterocycles. The molecule has 0 aliphatic carbocycles. The van der Waals surface area contributed by atoms with Crippen molar-refractivity contribution in [1.29, 1.82) is 0 Å². The number of nitrogens with two attached hydrogens (primary N) is 2. The zero-order chi connectivity index (χ0) is 13.0. The van der Waals surface area contributed by atoms with Crippen molar-refractivity contribution in [2.45, 2.75) is 20.8 Å². The molecular weight excluding hydrogens is 214 g/mol. The summed E-state index contributed by atoms with van der Waals surface area (Å²) in [6.07, 6.45) is 0. The molecule has 0 unspecified atom stereocenters. The highest BCUT2D eigenvalue weighted by molar-refractivity contribution is 6.21. The Balaban J connectivity index is 3.11. The van der Waals surface area contributed by atoms with Gasteiger partial charge in [0.2, 0.25) is 0 Å². The molecule has 0 fully saturated rings. The van der Waals surface area contributed by atoms with Crippen LogP contribution >= 0.6 is 0 Å². The lowest BCUT2D eigenvalue weighted by molar-refractivity contribution is -0.113. The Hall–Kier alpha value is -2.10. The number of rotatable bonds is 3. The van der Waals surface area contributed by atoms with Crippen LogP contribution in [-0.2, 0) is 4.79 Å². The number of benzene rings is 1. The van der Waals surface area contributed by atoms with Crippen molar-refractivity contribution >= 4 is 17.3 Å². The summed E-state index contributed by atoms with van der Waals surface area (Å²) in [6, 6.07) is 7.54. The number of hydrogen-bond acceptors (Lipinski definition) is 3. The molecule has 1 aromatic carbocycles. The highest BCUT2D eigenvalue weighted by atomic mass is 16.1. The summed E-state index contributed by atoms with van der Waals surface area (Å²) in [4.78, 5) is 15.6. The predicted octanol–water partition coefficient (Wildman–Crippen LogP) is 1.81. The van der Waals surface area contributed by atoms with E-state index in [0.29, 0.717) is 11.4 Å². The fourth-order valence-corrected chi connectivity index (χ4v) is 1.47. The Morgan fingerprint density at radius 3 is 2.06 bits per heavy atom. The molecule has 4 nitrogen and oxygen atoms in total. The summed E-state index contributed by atoms with van der Waals surface area (Å²) in [6.45, 7) is 5.04. The number of aliphatic imine (C=N–C) groups is 1. The summed E-state index contributed by atoms with van der Waals surface area (Å²) in [5, 5.41) is 0. The van der Waals surface area contributed by atoms with Crippen molar-refractivity contribution in [3.8, 4) is 0 Å². The van der Waals surface area contributed by atoms with E-state index in [2.05, 4.69) is 4.99 Å². The standard InChI is InChI=1S/C13H17N3O/c1-8-4-6-11(7-5-8)16-13(15)12(9(2)14)10(3)17/h4-7H,14H2,1-3H3,(H2,15,16)/b12-9-. The van der Waals surface area contributed by atoms with Gasteiger partial charge in [0.05, 0.1) is 11.3 Å². The number of allylic oxidation sites excluding steroid dienone is 1. The molecule has 0 amide bonds. The Morgan fingerprint density at radius 2 is 1.65 bits per heavy atom. The third-order valence-electron chi connectivity index (χ3n) is 2.29. The van der Waals surface area contributed by atoms with Crippen LogP contribution in [0.5, 0.6) is 0 Å². The quantitative estimate of drug-likeness (QED) is 0.473. The Kier molecular flexibility index (Phi) is 4.04. The number of amidine groups is 1. The molecule has 0 saturated heterocycles. The van der Waals surface area contributed by atoms with Crippen LogP contribution in [0, 0.1) is 6.92 Å². The second-order valence-corrected chi connectivity index (χ2v) is 3.95. The molecule has 0 aromatic heterocycles. The summed E-state index contributed by atoms with van der Waals surface area (Å²) >= 11 is 0. The van der Waals surface area contributed by atoms with Crippen molar-refractivity contribution in [3.05, 3.63) is 41.1 Å². The van der Waals surface area contributed by atoms with E-state index in [4.69, 9.17) is 11.5 Å². The molecule has 4 N–H and O–H groups in total. The van der Waals surface area contributed by atoms with E-state index in [1.54, 1.807) is 6.92 Å². The van der Waals surface area contributed by atoms with Crippen molar-refractivity contribution < 1.29 is 4.79 Å². The third kappa shape index (κ3) is 3.45. The smallest absolute Gasteiger partial charge is 0.165 e. The highest BCUT2D eigenvalue weighted by Gasteiger charge is 2.11. The van der Waals surface area contributed by atoms with Gasteiger partial charge in [-0.3, -0.25) is 4.79 Å². The molecular formula is C13H17N3O. The van der Waals surface area contributed by atoms with Gasteiger partial charge < -0.3 is 11.5 Å². The van der Waals surface area contributed by atoms with E-state index in [0.717, 1.165) is 5.56 Å². The zero-order valence-corrected chi connectivity index (χ0v) is 10.3. The van der Waals surface area contributed by atoms with Crippen LogP contribution in [0.4, 0.5) is 5.69 Å². The van der Waals surface area contributed by atoms with Crippen molar-refractivity contribution in [2.75, 3.05) is 0 Å². The maximum absolute atomic E-state index is 11.4. The van der Waals surface area contributed by atoms with Gasteiger partial charge in [-0.05, 0) is 32.9 Å². The van der Waals surface area contributed by atoms with Crippen LogP contribution in [-0.4, -0.2) is 11.6 Å². The molecule has 0 saturated carbocycles. The van der Waals surface area contributed by atoms with Crippen molar-refractivity contribution in [2.24, 2.45) is 16.5 Å². The first-order chi connectivity index (χ1) is 7.91.